The van der Waals surface area contributed by atoms with Gasteiger partial charge in [-0.2, -0.15) is 5.10 Å². The molecule has 0 radical (unpaired) electrons. The Kier molecular flexibility index (Phi) is 14.1. The summed E-state index contributed by atoms with van der Waals surface area (Å²) in [4.78, 5) is 56.3. The molecule has 0 bridgehead atoms. The summed E-state index contributed by atoms with van der Waals surface area (Å²) in [6.45, 7) is 3.91. The molecule has 4 rings (SSSR count). The van der Waals surface area contributed by atoms with Crippen LogP contribution in [0.3, 0.4) is 0 Å². The van der Waals surface area contributed by atoms with Gasteiger partial charge in [0.05, 0.1) is 15.6 Å². The molecule has 4 amide bonds. The number of benzene rings is 2. The van der Waals surface area contributed by atoms with Crippen LogP contribution in [0.2, 0.25) is 5.02 Å². The standard InChI is InChI=1S/C36H47ClN6O6S/c1-4-5-6-7-8-9-10-11-12-16-21-38-50(48,49)28-19-20-29(37)30(23-28)39-35(46)33(34(45)31-22-26(2)41(3)40-31)43-32(44)25-42(36(43)47)24-27-17-14-13-15-18-27/h13-15,17-20,22-23,33,38H,4-12,16,21,24-25H2,1-3H3,(H,39,46). The van der Waals surface area contributed by atoms with E-state index >= 15 is 0 Å². The highest BCUT2D eigenvalue weighted by Gasteiger charge is 2.47. The Labute approximate surface area is 299 Å². The molecule has 0 spiro atoms. The zero-order valence-electron chi connectivity index (χ0n) is 29.0. The van der Waals surface area contributed by atoms with Gasteiger partial charge in [0.2, 0.25) is 15.8 Å². The van der Waals surface area contributed by atoms with E-state index in [4.69, 9.17) is 11.6 Å². The van der Waals surface area contributed by atoms with Crippen LogP contribution < -0.4 is 10.0 Å². The number of rotatable bonds is 20. The van der Waals surface area contributed by atoms with Crippen LogP contribution in [0, 0.1) is 6.92 Å². The van der Waals surface area contributed by atoms with E-state index in [1.54, 1.807) is 38.2 Å². The number of sulfonamides is 1. The SMILES string of the molecule is CCCCCCCCCCCCNS(=O)(=O)c1ccc(Cl)c(NC(=O)C(C(=O)c2cc(C)n(C)n2)N2C(=O)CN(Cc3ccccc3)C2=O)c1. The number of urea groups is 1. The first-order valence-corrected chi connectivity index (χ1v) is 19.1. The number of hydrogen-bond acceptors (Lipinski definition) is 7. The highest BCUT2D eigenvalue weighted by molar-refractivity contribution is 7.89. The van der Waals surface area contributed by atoms with E-state index in [9.17, 15) is 27.6 Å². The summed E-state index contributed by atoms with van der Waals surface area (Å²) < 4.78 is 30.3. The Morgan fingerprint density at radius 1 is 0.920 bits per heavy atom. The summed E-state index contributed by atoms with van der Waals surface area (Å²) in [5.74, 6) is -2.67. The molecule has 3 aromatic rings. The van der Waals surface area contributed by atoms with Crippen molar-refractivity contribution < 1.29 is 27.6 Å². The van der Waals surface area contributed by atoms with Gasteiger partial charge in [0.25, 0.3) is 11.8 Å². The van der Waals surface area contributed by atoms with E-state index in [-0.39, 0.29) is 40.9 Å². The number of hydrogen-bond donors (Lipinski definition) is 2. The van der Waals surface area contributed by atoms with Crippen LogP contribution in [-0.2, 0) is 33.2 Å². The third kappa shape index (κ3) is 10.2. The molecular weight excluding hydrogens is 680 g/mol. The van der Waals surface area contributed by atoms with Crippen molar-refractivity contribution in [1.82, 2.24) is 24.3 Å². The minimum Gasteiger partial charge on any atom is -0.322 e. The van der Waals surface area contributed by atoms with Gasteiger partial charge in [-0.05, 0) is 43.2 Å². The molecule has 50 heavy (non-hydrogen) atoms. The lowest BCUT2D eigenvalue weighted by Crippen LogP contribution is -2.52. The van der Waals surface area contributed by atoms with Crippen LogP contribution in [0.15, 0.2) is 59.5 Å². The van der Waals surface area contributed by atoms with Crippen molar-refractivity contribution >= 4 is 50.9 Å². The Balaban J connectivity index is 1.45. The lowest BCUT2D eigenvalue weighted by molar-refractivity contribution is -0.131. The van der Waals surface area contributed by atoms with Crippen molar-refractivity contribution in [3.63, 3.8) is 0 Å². The predicted molar refractivity (Wildman–Crippen MR) is 192 cm³/mol. The normalized spacial score (nSPS) is 14.0. The number of carbonyl (C=O) groups is 4. The van der Waals surface area contributed by atoms with Crippen LogP contribution >= 0.6 is 11.6 Å². The Hall–Kier alpha value is -4.07. The molecule has 1 aromatic heterocycles. The van der Waals surface area contributed by atoms with Crippen LogP contribution in [-0.4, -0.2) is 70.8 Å². The monoisotopic (exact) mass is 726 g/mol. The second kappa shape index (κ2) is 18.2. The maximum atomic E-state index is 13.9. The zero-order chi connectivity index (χ0) is 36.3. The average Bonchev–Trinajstić information content (AvgIpc) is 3.57. The molecule has 1 fully saturated rings. The molecular formula is C36H47ClN6O6S. The van der Waals surface area contributed by atoms with Crippen LogP contribution in [0.25, 0.3) is 0 Å². The molecule has 2 aromatic carbocycles. The maximum absolute atomic E-state index is 13.9. The van der Waals surface area contributed by atoms with E-state index < -0.39 is 39.7 Å². The van der Waals surface area contributed by atoms with E-state index in [0.717, 1.165) is 24.8 Å². The van der Waals surface area contributed by atoms with Crippen LogP contribution in [0.4, 0.5) is 10.5 Å². The van der Waals surface area contributed by atoms with Crippen molar-refractivity contribution in [3.05, 3.63) is 76.6 Å². The highest BCUT2D eigenvalue weighted by atomic mass is 35.5. The number of nitrogens with zero attached hydrogens (tertiary/aromatic N) is 4. The number of Topliss-reactive ketones (excluding diaryl/α,β-unsaturated/α-hetero) is 1. The van der Waals surface area contributed by atoms with Crippen molar-refractivity contribution in [1.29, 1.82) is 0 Å². The predicted octanol–water partition coefficient (Wildman–Crippen LogP) is 6.24. The molecule has 270 valence electrons. The van der Waals surface area contributed by atoms with Gasteiger partial charge in [0.15, 0.2) is 6.04 Å². The summed E-state index contributed by atoms with van der Waals surface area (Å²) in [6.07, 6.45) is 11.2. The van der Waals surface area contributed by atoms with E-state index in [0.29, 0.717) is 17.0 Å². The van der Waals surface area contributed by atoms with Gasteiger partial charge in [-0.1, -0.05) is 107 Å². The minimum absolute atomic E-state index is 0.00310. The molecule has 14 heteroatoms. The fraction of sp³-hybridized carbons (Fsp3) is 0.472. The number of nitrogens with one attached hydrogen (secondary N) is 2. The van der Waals surface area contributed by atoms with Gasteiger partial charge in [-0.3, -0.25) is 19.1 Å². The summed E-state index contributed by atoms with van der Waals surface area (Å²) in [6, 6.07) is 11.5. The van der Waals surface area contributed by atoms with Gasteiger partial charge in [-0.25, -0.2) is 22.8 Å². The van der Waals surface area contributed by atoms with E-state index in [1.807, 2.05) is 6.07 Å². The van der Waals surface area contributed by atoms with Crippen molar-refractivity contribution in [3.8, 4) is 0 Å². The number of ketones is 1. The Bertz CT molecular complexity index is 1740. The first-order valence-electron chi connectivity index (χ1n) is 17.2. The second-order valence-electron chi connectivity index (χ2n) is 12.7. The first-order chi connectivity index (χ1) is 23.9. The third-order valence-corrected chi connectivity index (χ3v) is 10.5. The van der Waals surface area contributed by atoms with E-state index in [2.05, 4.69) is 22.1 Å². The van der Waals surface area contributed by atoms with Gasteiger partial charge in [0, 0.05) is 25.8 Å². The number of aromatic nitrogens is 2. The third-order valence-electron chi connectivity index (χ3n) is 8.74. The first kappa shape index (κ1) is 38.7. The number of anilines is 1. The lowest BCUT2D eigenvalue weighted by atomic mass is 10.1. The molecule has 0 saturated carbocycles. The molecule has 0 aliphatic carbocycles. The zero-order valence-corrected chi connectivity index (χ0v) is 30.6. The number of unbranched alkanes of at least 4 members (excludes halogenated alkanes) is 9. The Morgan fingerprint density at radius 3 is 2.18 bits per heavy atom. The Morgan fingerprint density at radius 2 is 1.56 bits per heavy atom. The van der Waals surface area contributed by atoms with Crippen LogP contribution in [0.1, 0.15) is 92.9 Å². The number of amides is 4. The molecule has 1 aliphatic rings. The number of imide groups is 1. The largest absolute Gasteiger partial charge is 0.328 e. The molecule has 2 N–H and O–H groups in total. The van der Waals surface area contributed by atoms with Crippen molar-refractivity contribution in [2.45, 2.75) is 95.5 Å². The van der Waals surface area contributed by atoms with Gasteiger partial charge < -0.3 is 10.2 Å². The van der Waals surface area contributed by atoms with Gasteiger partial charge in [0.1, 0.15) is 12.2 Å². The number of halogens is 1. The summed E-state index contributed by atoms with van der Waals surface area (Å²) >= 11 is 6.38. The van der Waals surface area contributed by atoms with Crippen molar-refractivity contribution in [2.75, 3.05) is 18.4 Å². The summed E-state index contributed by atoms with van der Waals surface area (Å²) in [7, 11) is -2.35. The molecule has 1 aliphatic heterocycles. The molecule has 1 atom stereocenters. The topological polar surface area (TPSA) is 151 Å². The summed E-state index contributed by atoms with van der Waals surface area (Å²) in [5, 5.41) is 6.68. The quantitative estimate of drug-likeness (QED) is 0.0606. The fourth-order valence-electron chi connectivity index (χ4n) is 5.79. The average molecular weight is 727 g/mol. The second-order valence-corrected chi connectivity index (χ2v) is 14.8. The summed E-state index contributed by atoms with van der Waals surface area (Å²) in [5.41, 5.74) is 1.15. The minimum atomic E-state index is -3.96. The van der Waals surface area contributed by atoms with E-state index in [1.165, 1.54) is 72.4 Å². The van der Waals surface area contributed by atoms with Crippen molar-refractivity contribution in [2.24, 2.45) is 7.05 Å². The number of aryl methyl sites for hydroxylation is 2. The van der Waals surface area contributed by atoms with Gasteiger partial charge >= 0.3 is 6.03 Å². The van der Waals surface area contributed by atoms with Gasteiger partial charge in [-0.15, -0.1) is 0 Å². The highest BCUT2D eigenvalue weighted by Crippen LogP contribution is 2.27. The smallest absolute Gasteiger partial charge is 0.322 e. The molecule has 1 unspecified atom stereocenters. The molecule has 1 saturated heterocycles. The maximum Gasteiger partial charge on any atom is 0.328 e. The molecule has 12 nitrogen and oxygen atoms in total. The lowest BCUT2D eigenvalue weighted by Gasteiger charge is -2.24. The fourth-order valence-corrected chi connectivity index (χ4v) is 7.06. The number of carbonyl (C=O) groups excluding carboxylic acids is 4. The van der Waals surface area contributed by atoms with Crippen LogP contribution in [0.5, 0.6) is 0 Å². The molecule has 2 heterocycles.